The number of halogens is 2. The summed E-state index contributed by atoms with van der Waals surface area (Å²) in [4.78, 5) is 29.5. The summed E-state index contributed by atoms with van der Waals surface area (Å²) in [6, 6.07) is 8.55. The summed E-state index contributed by atoms with van der Waals surface area (Å²) in [6.07, 6.45) is 2.53. The van der Waals surface area contributed by atoms with Gasteiger partial charge in [0.1, 0.15) is 6.54 Å². The Bertz CT molecular complexity index is 852. The normalized spacial score (nSPS) is 10.9. The van der Waals surface area contributed by atoms with E-state index in [9.17, 15) is 9.59 Å². The maximum absolute atomic E-state index is 13.2. The molecule has 1 aromatic carbocycles. The monoisotopic (exact) mass is 469 g/mol. The third-order valence-corrected chi connectivity index (χ3v) is 5.26. The van der Waals surface area contributed by atoms with Gasteiger partial charge in [0.2, 0.25) is 5.91 Å². The molecule has 2 amide bonds. The molecule has 0 N–H and O–H groups in total. The minimum absolute atomic E-state index is 0.0686. The summed E-state index contributed by atoms with van der Waals surface area (Å²) in [7, 11) is 5.12. The van der Waals surface area contributed by atoms with Crippen LogP contribution in [0.1, 0.15) is 22.5 Å². The van der Waals surface area contributed by atoms with E-state index >= 15 is 0 Å². The summed E-state index contributed by atoms with van der Waals surface area (Å²) in [5.41, 5.74) is 1.33. The highest BCUT2D eigenvalue weighted by Crippen LogP contribution is 2.20. The number of carbonyl (C=O) groups excluding carboxylic acids is 2. The lowest BCUT2D eigenvalue weighted by Crippen LogP contribution is -2.44. The molecule has 0 aliphatic rings. The Labute approximate surface area is 193 Å². The second-order valence-corrected chi connectivity index (χ2v) is 8.02. The van der Waals surface area contributed by atoms with Crippen molar-refractivity contribution in [3.8, 4) is 0 Å². The molecule has 0 unspecified atom stereocenters. The molecule has 1 aromatic heterocycles. The van der Waals surface area contributed by atoms with Crippen LogP contribution in [0.2, 0.25) is 10.0 Å². The fraction of sp³-hybridized carbons (Fsp3) is 0.455. The van der Waals surface area contributed by atoms with Gasteiger partial charge in [-0.05, 0) is 36.8 Å². The van der Waals surface area contributed by atoms with Gasteiger partial charge in [0, 0.05) is 68.5 Å². The van der Waals surface area contributed by atoms with Gasteiger partial charge in [-0.15, -0.1) is 0 Å². The molecule has 0 saturated heterocycles. The van der Waals surface area contributed by atoms with Crippen LogP contribution in [0, 0.1) is 0 Å². The smallest absolute Gasteiger partial charge is 0.254 e. The number of aryl methyl sites for hydroxylation is 1. The predicted octanol–water partition coefficient (Wildman–Crippen LogP) is 3.49. The summed E-state index contributed by atoms with van der Waals surface area (Å²) in [5, 5.41) is 0.730. The number of ether oxygens (including phenoxy) is 2. The van der Waals surface area contributed by atoms with Gasteiger partial charge < -0.3 is 23.8 Å². The highest BCUT2D eigenvalue weighted by molar-refractivity contribution is 6.35. The van der Waals surface area contributed by atoms with Crippen LogP contribution in [0.3, 0.4) is 0 Å². The zero-order valence-corrected chi connectivity index (χ0v) is 19.7. The van der Waals surface area contributed by atoms with E-state index in [2.05, 4.69) is 0 Å². The Hall–Kier alpha value is -2.06. The Balaban J connectivity index is 2.20. The molecule has 0 radical (unpaired) electrons. The zero-order valence-electron chi connectivity index (χ0n) is 18.1. The SMILES string of the molecule is COCCCN(CC(=O)N(CCOC)Cc1cccn1C)C(=O)c1cc(Cl)cc(Cl)c1. The number of aromatic nitrogens is 1. The lowest BCUT2D eigenvalue weighted by molar-refractivity contribution is -0.133. The number of hydrogen-bond acceptors (Lipinski definition) is 4. The summed E-state index contributed by atoms with van der Waals surface area (Å²) < 4.78 is 12.2. The fourth-order valence-electron chi connectivity index (χ4n) is 3.13. The minimum Gasteiger partial charge on any atom is -0.385 e. The first-order valence-electron chi connectivity index (χ1n) is 9.97. The van der Waals surface area contributed by atoms with E-state index in [-0.39, 0.29) is 18.4 Å². The molecule has 0 aliphatic carbocycles. The summed E-state index contributed by atoms with van der Waals surface area (Å²) in [6.45, 7) is 2.02. The molecule has 0 bridgehead atoms. The van der Waals surface area contributed by atoms with Crippen molar-refractivity contribution in [1.29, 1.82) is 0 Å². The fourth-order valence-corrected chi connectivity index (χ4v) is 3.65. The maximum Gasteiger partial charge on any atom is 0.254 e. The van der Waals surface area contributed by atoms with Gasteiger partial charge in [-0.2, -0.15) is 0 Å². The highest BCUT2D eigenvalue weighted by atomic mass is 35.5. The Kier molecular flexibility index (Phi) is 10.3. The van der Waals surface area contributed by atoms with Crippen LogP contribution < -0.4 is 0 Å². The van der Waals surface area contributed by atoms with Crippen LogP contribution >= 0.6 is 23.2 Å². The van der Waals surface area contributed by atoms with Crippen LogP contribution in [0.15, 0.2) is 36.5 Å². The van der Waals surface area contributed by atoms with Crippen molar-refractivity contribution in [1.82, 2.24) is 14.4 Å². The van der Waals surface area contributed by atoms with E-state index in [1.807, 2.05) is 29.9 Å². The van der Waals surface area contributed by atoms with Crippen LogP contribution in [-0.4, -0.2) is 73.2 Å². The molecule has 170 valence electrons. The average Bonchev–Trinajstić information content (AvgIpc) is 3.13. The molecule has 9 heteroatoms. The van der Waals surface area contributed by atoms with Crippen molar-refractivity contribution in [3.05, 3.63) is 57.8 Å². The second kappa shape index (κ2) is 12.7. The van der Waals surface area contributed by atoms with Gasteiger partial charge in [0.25, 0.3) is 5.91 Å². The molecular formula is C22H29Cl2N3O4. The Morgan fingerprint density at radius 1 is 1.00 bits per heavy atom. The van der Waals surface area contributed by atoms with Crippen LogP contribution in [0.5, 0.6) is 0 Å². The van der Waals surface area contributed by atoms with Crippen LogP contribution in [0.25, 0.3) is 0 Å². The van der Waals surface area contributed by atoms with E-state index < -0.39 is 0 Å². The van der Waals surface area contributed by atoms with Gasteiger partial charge in [0.15, 0.2) is 0 Å². The Morgan fingerprint density at radius 3 is 2.26 bits per heavy atom. The summed E-state index contributed by atoms with van der Waals surface area (Å²) in [5.74, 6) is -0.475. The van der Waals surface area contributed by atoms with E-state index in [1.54, 1.807) is 37.3 Å². The molecule has 31 heavy (non-hydrogen) atoms. The molecule has 2 aromatic rings. The molecule has 7 nitrogen and oxygen atoms in total. The molecule has 0 saturated carbocycles. The van der Waals surface area contributed by atoms with Crippen molar-refractivity contribution < 1.29 is 19.1 Å². The van der Waals surface area contributed by atoms with Crippen molar-refractivity contribution >= 4 is 35.0 Å². The van der Waals surface area contributed by atoms with Crippen molar-refractivity contribution in [2.45, 2.75) is 13.0 Å². The third kappa shape index (κ3) is 7.85. The van der Waals surface area contributed by atoms with E-state index in [1.165, 1.54) is 4.90 Å². The number of nitrogens with zero attached hydrogens (tertiary/aromatic N) is 3. The van der Waals surface area contributed by atoms with Crippen LogP contribution in [-0.2, 0) is 27.9 Å². The zero-order chi connectivity index (χ0) is 22.8. The molecule has 0 fully saturated rings. The lowest BCUT2D eigenvalue weighted by atomic mass is 10.2. The van der Waals surface area contributed by atoms with Gasteiger partial charge >= 0.3 is 0 Å². The van der Waals surface area contributed by atoms with Crippen molar-refractivity contribution in [2.24, 2.45) is 7.05 Å². The Morgan fingerprint density at radius 2 is 1.68 bits per heavy atom. The quantitative estimate of drug-likeness (QED) is 0.446. The predicted molar refractivity (Wildman–Crippen MR) is 122 cm³/mol. The van der Waals surface area contributed by atoms with E-state index in [4.69, 9.17) is 32.7 Å². The highest BCUT2D eigenvalue weighted by Gasteiger charge is 2.23. The number of carbonyl (C=O) groups is 2. The second-order valence-electron chi connectivity index (χ2n) is 7.15. The van der Waals surface area contributed by atoms with Gasteiger partial charge in [-0.25, -0.2) is 0 Å². The van der Waals surface area contributed by atoms with Crippen molar-refractivity contribution in [2.75, 3.05) is 47.1 Å². The first kappa shape index (κ1) is 25.2. The largest absolute Gasteiger partial charge is 0.385 e. The van der Waals surface area contributed by atoms with Crippen LogP contribution in [0.4, 0.5) is 0 Å². The molecule has 2 rings (SSSR count). The average molecular weight is 470 g/mol. The third-order valence-electron chi connectivity index (χ3n) is 4.82. The first-order valence-corrected chi connectivity index (χ1v) is 10.7. The number of hydrogen-bond donors (Lipinski definition) is 0. The molecular weight excluding hydrogens is 441 g/mol. The topological polar surface area (TPSA) is 64.0 Å². The van der Waals surface area contributed by atoms with Gasteiger partial charge in [0.05, 0.1) is 13.2 Å². The van der Waals surface area contributed by atoms with E-state index in [0.717, 1.165) is 5.69 Å². The maximum atomic E-state index is 13.2. The number of amides is 2. The standard InChI is InChI=1S/C22H29Cl2N3O4/c1-25-7-4-6-20(25)15-26(9-11-31-3)21(28)16-27(8-5-10-30-2)22(29)17-12-18(23)14-19(24)13-17/h4,6-7,12-14H,5,8-11,15-16H2,1-3H3. The molecule has 0 atom stereocenters. The lowest BCUT2D eigenvalue weighted by Gasteiger charge is -2.28. The minimum atomic E-state index is -0.306. The molecule has 1 heterocycles. The molecule has 0 aliphatic heterocycles. The summed E-state index contributed by atoms with van der Waals surface area (Å²) >= 11 is 12.1. The number of methoxy groups -OCH3 is 2. The van der Waals surface area contributed by atoms with Gasteiger partial charge in [-0.1, -0.05) is 23.2 Å². The number of benzene rings is 1. The number of rotatable bonds is 12. The van der Waals surface area contributed by atoms with Gasteiger partial charge in [-0.3, -0.25) is 9.59 Å². The van der Waals surface area contributed by atoms with E-state index in [0.29, 0.717) is 54.9 Å². The van der Waals surface area contributed by atoms with Crippen molar-refractivity contribution in [3.63, 3.8) is 0 Å². The first-order chi connectivity index (χ1) is 14.8. The molecule has 0 spiro atoms.